The monoisotopic (exact) mass is 355 g/mol. The summed E-state index contributed by atoms with van der Waals surface area (Å²) in [6.07, 6.45) is 1.36. The van der Waals surface area contributed by atoms with Gasteiger partial charge in [0, 0.05) is 11.1 Å². The second kappa shape index (κ2) is 8.02. The number of aliphatic carboxylic acids is 1. The summed E-state index contributed by atoms with van der Waals surface area (Å²) >= 11 is 0. The molecule has 0 bridgehead atoms. The molecule has 0 unspecified atom stereocenters. The second-order valence-corrected chi connectivity index (χ2v) is 5.26. The van der Waals surface area contributed by atoms with E-state index in [-0.39, 0.29) is 0 Å². The van der Waals surface area contributed by atoms with Crippen molar-refractivity contribution in [3.05, 3.63) is 53.6 Å². The number of fused-ring (bicyclic) bond motifs is 1. The SMILES string of the molecule is O=C([O-])COc1ccccc1/C=N\NC(=O)c1ccc2c(c1)OCCO2. The topological polar surface area (TPSA) is 109 Å². The molecule has 26 heavy (non-hydrogen) atoms. The Bertz CT molecular complexity index is 849. The molecule has 1 aliphatic rings. The largest absolute Gasteiger partial charge is 0.546 e. The number of carboxylic acids is 1. The Morgan fingerprint density at radius 1 is 1.15 bits per heavy atom. The number of nitrogens with zero attached hydrogens (tertiary/aromatic N) is 1. The van der Waals surface area contributed by atoms with Crippen molar-refractivity contribution in [2.24, 2.45) is 5.10 Å². The zero-order chi connectivity index (χ0) is 18.4. The van der Waals surface area contributed by atoms with Crippen LogP contribution in [0.4, 0.5) is 0 Å². The number of hydrogen-bond donors (Lipinski definition) is 1. The smallest absolute Gasteiger partial charge is 0.271 e. The van der Waals surface area contributed by atoms with Gasteiger partial charge in [0.2, 0.25) is 0 Å². The average Bonchev–Trinajstić information content (AvgIpc) is 2.66. The number of carbonyl (C=O) groups excluding carboxylic acids is 2. The van der Waals surface area contributed by atoms with Crippen molar-refractivity contribution in [1.29, 1.82) is 0 Å². The molecule has 0 aliphatic carbocycles. The molecule has 134 valence electrons. The van der Waals surface area contributed by atoms with Crippen LogP contribution in [0.1, 0.15) is 15.9 Å². The fourth-order valence-corrected chi connectivity index (χ4v) is 2.26. The van der Waals surface area contributed by atoms with Crippen molar-refractivity contribution >= 4 is 18.1 Å². The van der Waals surface area contributed by atoms with Gasteiger partial charge in [0.25, 0.3) is 5.91 Å². The lowest BCUT2D eigenvalue weighted by Gasteiger charge is -2.18. The van der Waals surface area contributed by atoms with E-state index in [1.165, 1.54) is 6.21 Å². The van der Waals surface area contributed by atoms with Gasteiger partial charge < -0.3 is 24.1 Å². The van der Waals surface area contributed by atoms with Gasteiger partial charge >= 0.3 is 0 Å². The first-order chi connectivity index (χ1) is 12.6. The molecule has 0 radical (unpaired) electrons. The van der Waals surface area contributed by atoms with Gasteiger partial charge in [-0.1, -0.05) is 12.1 Å². The summed E-state index contributed by atoms with van der Waals surface area (Å²) in [6, 6.07) is 11.5. The van der Waals surface area contributed by atoms with E-state index < -0.39 is 18.5 Å². The minimum absolute atomic E-state index is 0.314. The lowest BCUT2D eigenvalue weighted by Crippen LogP contribution is -2.29. The Morgan fingerprint density at radius 2 is 1.92 bits per heavy atom. The standard InChI is InChI=1S/C18H16N2O6/c21-17(22)11-26-14-4-2-1-3-13(14)10-19-20-18(23)12-5-6-15-16(9-12)25-8-7-24-15/h1-6,9-10H,7-8,11H2,(H,20,23)(H,21,22)/p-1/b19-10-. The summed E-state index contributed by atoms with van der Waals surface area (Å²) < 4.78 is 15.9. The first-order valence-corrected chi connectivity index (χ1v) is 7.78. The van der Waals surface area contributed by atoms with Crippen LogP contribution in [0.5, 0.6) is 17.2 Å². The molecule has 0 saturated carbocycles. The van der Waals surface area contributed by atoms with Gasteiger partial charge in [-0.05, 0) is 30.3 Å². The molecule has 8 heteroatoms. The van der Waals surface area contributed by atoms with E-state index in [9.17, 15) is 14.7 Å². The Hall–Kier alpha value is -3.55. The minimum Gasteiger partial charge on any atom is -0.546 e. The number of para-hydroxylation sites is 1. The quantitative estimate of drug-likeness (QED) is 0.592. The molecule has 0 saturated heterocycles. The molecule has 8 nitrogen and oxygen atoms in total. The van der Waals surface area contributed by atoms with Crippen LogP contribution in [0.15, 0.2) is 47.6 Å². The summed E-state index contributed by atoms with van der Waals surface area (Å²) in [5, 5.41) is 14.4. The van der Waals surface area contributed by atoms with E-state index in [0.29, 0.717) is 41.6 Å². The van der Waals surface area contributed by atoms with Crippen LogP contribution in [0.25, 0.3) is 0 Å². The summed E-state index contributed by atoms with van der Waals surface area (Å²) in [4.78, 5) is 22.7. The van der Waals surface area contributed by atoms with Crippen LogP contribution < -0.4 is 24.7 Å². The predicted octanol–water partition coefficient (Wildman–Crippen LogP) is 0.350. The van der Waals surface area contributed by atoms with Crippen LogP contribution in [-0.4, -0.2) is 37.9 Å². The van der Waals surface area contributed by atoms with Gasteiger partial charge in [-0.3, -0.25) is 4.79 Å². The van der Waals surface area contributed by atoms with Crippen LogP contribution in [0.3, 0.4) is 0 Å². The van der Waals surface area contributed by atoms with E-state index >= 15 is 0 Å². The van der Waals surface area contributed by atoms with Crippen molar-refractivity contribution in [3.8, 4) is 17.2 Å². The number of nitrogens with one attached hydrogen (secondary N) is 1. The third-order valence-corrected chi connectivity index (χ3v) is 3.44. The molecular formula is C18H15N2O6-. The Balaban J connectivity index is 1.65. The highest BCUT2D eigenvalue weighted by Crippen LogP contribution is 2.30. The molecule has 1 aliphatic heterocycles. The third kappa shape index (κ3) is 4.29. The Labute approximate surface area is 149 Å². The van der Waals surface area contributed by atoms with Crippen molar-refractivity contribution < 1.29 is 28.9 Å². The van der Waals surface area contributed by atoms with Crippen LogP contribution in [0, 0.1) is 0 Å². The minimum atomic E-state index is -1.33. The normalized spacial score (nSPS) is 12.6. The van der Waals surface area contributed by atoms with Gasteiger partial charge in [-0.15, -0.1) is 0 Å². The highest BCUT2D eigenvalue weighted by molar-refractivity contribution is 5.95. The van der Waals surface area contributed by atoms with E-state index in [0.717, 1.165) is 0 Å². The van der Waals surface area contributed by atoms with Gasteiger partial charge in [-0.2, -0.15) is 5.10 Å². The van der Waals surface area contributed by atoms with E-state index in [1.54, 1.807) is 42.5 Å². The Morgan fingerprint density at radius 3 is 2.73 bits per heavy atom. The summed E-state index contributed by atoms with van der Waals surface area (Å²) in [5.74, 6) is -0.340. The van der Waals surface area contributed by atoms with Gasteiger partial charge in [0.15, 0.2) is 11.5 Å². The molecule has 1 amide bonds. The predicted molar refractivity (Wildman–Crippen MR) is 89.4 cm³/mol. The van der Waals surface area contributed by atoms with Crippen LogP contribution in [-0.2, 0) is 4.79 Å². The molecule has 0 spiro atoms. The highest BCUT2D eigenvalue weighted by atomic mass is 16.6. The molecule has 2 aromatic rings. The number of ether oxygens (including phenoxy) is 3. The molecule has 2 aromatic carbocycles. The van der Waals surface area contributed by atoms with Crippen molar-refractivity contribution in [2.75, 3.05) is 19.8 Å². The molecule has 1 heterocycles. The molecule has 1 N–H and O–H groups in total. The van der Waals surface area contributed by atoms with Gasteiger partial charge in [0.05, 0.1) is 12.2 Å². The average molecular weight is 355 g/mol. The summed E-state index contributed by atoms with van der Waals surface area (Å²) in [7, 11) is 0. The number of benzene rings is 2. The number of hydrogen-bond acceptors (Lipinski definition) is 7. The van der Waals surface area contributed by atoms with Crippen molar-refractivity contribution in [2.45, 2.75) is 0 Å². The summed E-state index contributed by atoms with van der Waals surface area (Å²) in [5.41, 5.74) is 3.28. The van der Waals surface area contributed by atoms with E-state index in [4.69, 9.17) is 14.2 Å². The van der Waals surface area contributed by atoms with Crippen molar-refractivity contribution in [3.63, 3.8) is 0 Å². The maximum Gasteiger partial charge on any atom is 0.271 e. The first-order valence-electron chi connectivity index (χ1n) is 7.78. The zero-order valence-electron chi connectivity index (χ0n) is 13.6. The van der Waals surface area contributed by atoms with Crippen LogP contribution >= 0.6 is 0 Å². The lowest BCUT2D eigenvalue weighted by atomic mass is 10.2. The fourth-order valence-electron chi connectivity index (χ4n) is 2.26. The number of hydrazone groups is 1. The fraction of sp³-hybridized carbons (Fsp3) is 0.167. The third-order valence-electron chi connectivity index (χ3n) is 3.44. The molecular weight excluding hydrogens is 340 g/mol. The maximum atomic E-state index is 12.2. The maximum absolute atomic E-state index is 12.2. The molecule has 0 fully saturated rings. The van der Waals surface area contributed by atoms with E-state index in [1.807, 2.05) is 0 Å². The molecule has 0 aromatic heterocycles. The molecule has 3 rings (SSSR count). The van der Waals surface area contributed by atoms with Crippen molar-refractivity contribution in [1.82, 2.24) is 5.43 Å². The summed E-state index contributed by atoms with van der Waals surface area (Å²) in [6.45, 7) is 0.329. The number of carboxylic acid groups (broad SMARTS) is 1. The first kappa shape index (κ1) is 17.3. The molecule has 0 atom stereocenters. The number of rotatable bonds is 6. The van der Waals surface area contributed by atoms with E-state index in [2.05, 4.69) is 10.5 Å². The lowest BCUT2D eigenvalue weighted by molar-refractivity contribution is -0.307. The van der Waals surface area contributed by atoms with Crippen LogP contribution in [0.2, 0.25) is 0 Å². The van der Waals surface area contributed by atoms with Gasteiger partial charge in [-0.25, -0.2) is 5.43 Å². The highest BCUT2D eigenvalue weighted by Gasteiger charge is 2.14. The van der Waals surface area contributed by atoms with Gasteiger partial charge in [0.1, 0.15) is 25.6 Å². The number of amides is 1. The number of carbonyl (C=O) groups is 2. The Kier molecular flexibility index (Phi) is 5.33. The zero-order valence-corrected chi connectivity index (χ0v) is 13.6. The second-order valence-electron chi connectivity index (χ2n) is 5.26.